The van der Waals surface area contributed by atoms with Gasteiger partial charge in [0.05, 0.1) is 16.7 Å². The highest BCUT2D eigenvalue weighted by Gasteiger charge is 2.16. The fraction of sp³-hybridized carbons (Fsp3) is 0.182. The molecule has 3 nitrogen and oxygen atoms in total. The van der Waals surface area contributed by atoms with E-state index < -0.39 is 0 Å². The van der Waals surface area contributed by atoms with Gasteiger partial charge in [-0.2, -0.15) is 5.10 Å². The van der Waals surface area contributed by atoms with Crippen molar-refractivity contribution in [1.29, 1.82) is 0 Å². The van der Waals surface area contributed by atoms with Crippen LogP contribution in [0.2, 0.25) is 0 Å². The normalized spacial score (nSPS) is 12.7. The smallest absolute Gasteiger partial charge is 0.128 e. The first-order valence-electron chi connectivity index (χ1n) is 4.86. The molecule has 0 saturated carbocycles. The summed E-state index contributed by atoms with van der Waals surface area (Å²) >= 11 is 3.30. The molecule has 1 aromatic carbocycles. The van der Waals surface area contributed by atoms with Gasteiger partial charge in [0.2, 0.25) is 0 Å². The van der Waals surface area contributed by atoms with Gasteiger partial charge in [-0.1, -0.05) is 18.2 Å². The van der Waals surface area contributed by atoms with E-state index in [-0.39, 0.29) is 11.9 Å². The van der Waals surface area contributed by atoms with E-state index in [1.165, 1.54) is 6.07 Å². The average molecular weight is 284 g/mol. The van der Waals surface area contributed by atoms with Crippen molar-refractivity contribution in [2.75, 3.05) is 6.54 Å². The zero-order chi connectivity index (χ0) is 11.5. The summed E-state index contributed by atoms with van der Waals surface area (Å²) in [6.07, 6.45) is 3.44. The van der Waals surface area contributed by atoms with Crippen LogP contribution in [0, 0.1) is 5.82 Å². The Bertz CT molecular complexity index is 484. The molecule has 1 atom stereocenters. The molecule has 1 heterocycles. The van der Waals surface area contributed by atoms with Crippen LogP contribution in [-0.2, 0) is 0 Å². The van der Waals surface area contributed by atoms with Crippen molar-refractivity contribution < 1.29 is 4.39 Å². The Morgan fingerprint density at radius 1 is 1.44 bits per heavy atom. The van der Waals surface area contributed by atoms with Gasteiger partial charge in [-0.3, -0.25) is 4.68 Å². The van der Waals surface area contributed by atoms with E-state index in [1.54, 1.807) is 35.3 Å². The number of nitrogens with two attached hydrogens (primary N) is 1. The second-order valence-electron chi connectivity index (χ2n) is 3.41. The topological polar surface area (TPSA) is 43.8 Å². The Labute approximate surface area is 101 Å². The number of rotatable bonds is 3. The lowest BCUT2D eigenvalue weighted by Crippen LogP contribution is -2.21. The molecule has 0 bridgehead atoms. The predicted octanol–water partition coefficient (Wildman–Crippen LogP) is 2.33. The van der Waals surface area contributed by atoms with Gasteiger partial charge in [0.25, 0.3) is 0 Å². The number of nitrogens with zero attached hydrogens (tertiary/aromatic N) is 2. The average Bonchev–Trinajstić information content (AvgIpc) is 2.69. The van der Waals surface area contributed by atoms with Crippen LogP contribution >= 0.6 is 15.9 Å². The van der Waals surface area contributed by atoms with Gasteiger partial charge in [-0.15, -0.1) is 0 Å². The molecular formula is C11H11BrFN3. The fourth-order valence-corrected chi connectivity index (χ4v) is 1.91. The molecule has 0 fully saturated rings. The van der Waals surface area contributed by atoms with Crippen LogP contribution in [0.3, 0.4) is 0 Å². The zero-order valence-electron chi connectivity index (χ0n) is 8.48. The van der Waals surface area contributed by atoms with Crippen molar-refractivity contribution in [1.82, 2.24) is 9.78 Å². The van der Waals surface area contributed by atoms with Crippen molar-refractivity contribution in [2.24, 2.45) is 5.73 Å². The first-order valence-corrected chi connectivity index (χ1v) is 5.66. The summed E-state index contributed by atoms with van der Waals surface area (Å²) in [6.45, 7) is 0.301. The lowest BCUT2D eigenvalue weighted by Gasteiger charge is -2.16. The summed E-state index contributed by atoms with van der Waals surface area (Å²) in [6, 6.07) is 6.33. The van der Waals surface area contributed by atoms with Gasteiger partial charge in [-0.05, 0) is 22.0 Å². The predicted molar refractivity (Wildman–Crippen MR) is 63.5 cm³/mol. The highest BCUT2D eigenvalue weighted by molar-refractivity contribution is 9.10. The molecule has 2 rings (SSSR count). The molecule has 0 saturated heterocycles. The minimum Gasteiger partial charge on any atom is -0.328 e. The quantitative estimate of drug-likeness (QED) is 0.940. The molecule has 5 heteroatoms. The number of aromatic nitrogens is 2. The van der Waals surface area contributed by atoms with E-state index in [1.807, 2.05) is 0 Å². The second kappa shape index (κ2) is 4.76. The third-order valence-corrected chi connectivity index (χ3v) is 2.79. The summed E-state index contributed by atoms with van der Waals surface area (Å²) < 4.78 is 16.1. The highest BCUT2D eigenvalue weighted by Crippen LogP contribution is 2.21. The lowest BCUT2D eigenvalue weighted by molar-refractivity contribution is 0.498. The molecule has 1 unspecified atom stereocenters. The largest absolute Gasteiger partial charge is 0.328 e. The molecule has 0 spiro atoms. The summed E-state index contributed by atoms with van der Waals surface area (Å²) in [5, 5.41) is 4.13. The Morgan fingerprint density at radius 3 is 2.75 bits per heavy atom. The van der Waals surface area contributed by atoms with Crippen LogP contribution in [-0.4, -0.2) is 16.3 Å². The lowest BCUT2D eigenvalue weighted by atomic mass is 10.1. The fourth-order valence-electron chi connectivity index (χ4n) is 1.61. The molecule has 2 aromatic rings. The van der Waals surface area contributed by atoms with Gasteiger partial charge in [0.1, 0.15) is 5.82 Å². The van der Waals surface area contributed by atoms with Gasteiger partial charge < -0.3 is 5.73 Å². The van der Waals surface area contributed by atoms with Crippen molar-refractivity contribution in [3.8, 4) is 0 Å². The number of hydrogen-bond donors (Lipinski definition) is 1. The standard InChI is InChI=1S/C11H11BrFN3/c12-8-6-15-16(7-8)11(5-14)9-3-1-2-4-10(9)13/h1-4,6-7,11H,5,14H2. The molecule has 84 valence electrons. The van der Waals surface area contributed by atoms with Gasteiger partial charge in [-0.25, -0.2) is 4.39 Å². The maximum absolute atomic E-state index is 13.6. The van der Waals surface area contributed by atoms with Crippen molar-refractivity contribution in [3.05, 3.63) is 52.5 Å². The van der Waals surface area contributed by atoms with Crippen LogP contribution in [0.5, 0.6) is 0 Å². The van der Waals surface area contributed by atoms with Crippen LogP contribution in [0.1, 0.15) is 11.6 Å². The third-order valence-electron chi connectivity index (χ3n) is 2.38. The van der Waals surface area contributed by atoms with Crippen molar-refractivity contribution in [2.45, 2.75) is 6.04 Å². The van der Waals surface area contributed by atoms with E-state index in [0.717, 1.165) is 4.47 Å². The van der Waals surface area contributed by atoms with Crippen molar-refractivity contribution in [3.63, 3.8) is 0 Å². The van der Waals surface area contributed by atoms with E-state index in [2.05, 4.69) is 21.0 Å². The van der Waals surface area contributed by atoms with Crippen LogP contribution in [0.25, 0.3) is 0 Å². The van der Waals surface area contributed by atoms with E-state index in [4.69, 9.17) is 5.73 Å². The maximum Gasteiger partial charge on any atom is 0.128 e. The molecular weight excluding hydrogens is 273 g/mol. The van der Waals surface area contributed by atoms with Gasteiger partial charge >= 0.3 is 0 Å². The summed E-state index contributed by atoms with van der Waals surface area (Å²) in [5.41, 5.74) is 6.23. The molecule has 1 aromatic heterocycles. The third kappa shape index (κ3) is 2.15. The summed E-state index contributed by atoms with van der Waals surface area (Å²) in [4.78, 5) is 0. The van der Waals surface area contributed by atoms with E-state index in [0.29, 0.717) is 12.1 Å². The summed E-state index contributed by atoms with van der Waals surface area (Å²) in [5.74, 6) is -0.260. The first-order chi connectivity index (χ1) is 7.72. The summed E-state index contributed by atoms with van der Waals surface area (Å²) in [7, 11) is 0. The van der Waals surface area contributed by atoms with Gasteiger partial charge in [0.15, 0.2) is 0 Å². The SMILES string of the molecule is NCC(c1ccccc1F)n1cc(Br)cn1. The van der Waals surface area contributed by atoms with Crippen LogP contribution in [0.15, 0.2) is 41.1 Å². The van der Waals surface area contributed by atoms with Gasteiger partial charge in [0, 0.05) is 18.3 Å². The molecule has 0 aliphatic heterocycles. The number of halogens is 2. The molecule has 2 N–H and O–H groups in total. The number of benzene rings is 1. The molecule has 0 amide bonds. The molecule has 0 aliphatic rings. The van der Waals surface area contributed by atoms with E-state index >= 15 is 0 Å². The zero-order valence-corrected chi connectivity index (χ0v) is 10.1. The second-order valence-corrected chi connectivity index (χ2v) is 4.33. The highest BCUT2D eigenvalue weighted by atomic mass is 79.9. The Hall–Kier alpha value is -1.20. The minimum absolute atomic E-state index is 0.260. The monoisotopic (exact) mass is 283 g/mol. The van der Waals surface area contributed by atoms with Crippen LogP contribution in [0.4, 0.5) is 4.39 Å². The molecule has 0 radical (unpaired) electrons. The molecule has 0 aliphatic carbocycles. The molecule has 16 heavy (non-hydrogen) atoms. The minimum atomic E-state index is -0.271. The number of hydrogen-bond acceptors (Lipinski definition) is 2. The van der Waals surface area contributed by atoms with Crippen LogP contribution < -0.4 is 5.73 Å². The maximum atomic E-state index is 13.6. The Morgan fingerprint density at radius 2 is 2.19 bits per heavy atom. The first kappa shape index (κ1) is 11.3. The Kier molecular flexibility index (Phi) is 3.36. The Balaban J connectivity index is 2.40. The van der Waals surface area contributed by atoms with Crippen molar-refractivity contribution >= 4 is 15.9 Å². The van der Waals surface area contributed by atoms with E-state index in [9.17, 15) is 4.39 Å².